The zero-order valence-electron chi connectivity index (χ0n) is 17.1. The number of amides is 1. The van der Waals surface area contributed by atoms with Gasteiger partial charge in [-0.3, -0.25) is 4.79 Å². The zero-order chi connectivity index (χ0) is 22.3. The van der Waals surface area contributed by atoms with Crippen LogP contribution in [0.4, 0.5) is 13.2 Å². The number of ether oxygens (including phenoxy) is 3. The fourth-order valence-electron chi connectivity index (χ4n) is 3.62. The molecule has 0 bridgehead atoms. The molecule has 1 fully saturated rings. The predicted molar refractivity (Wildman–Crippen MR) is 110 cm³/mol. The molecule has 1 amide bonds. The van der Waals surface area contributed by atoms with E-state index in [-0.39, 0.29) is 23.2 Å². The summed E-state index contributed by atoms with van der Waals surface area (Å²) in [7, 11) is 1.34. The normalized spacial score (nSPS) is 15.8. The Morgan fingerprint density at radius 3 is 2.65 bits per heavy atom. The fourth-order valence-corrected chi connectivity index (χ4v) is 3.62. The lowest BCUT2D eigenvalue weighted by Gasteiger charge is -2.37. The zero-order valence-corrected chi connectivity index (χ0v) is 17.1. The lowest BCUT2D eigenvalue weighted by molar-refractivity contribution is -0.116. The van der Waals surface area contributed by atoms with E-state index in [1.165, 1.54) is 43.5 Å². The number of methoxy groups -OCH3 is 1. The SMILES string of the molecule is COc1cc(/C=C/C(=O)NCC2(c3cccc(F)c3)CCOCC2)ccc1OC(F)F. The van der Waals surface area contributed by atoms with Gasteiger partial charge in [-0.1, -0.05) is 18.2 Å². The van der Waals surface area contributed by atoms with E-state index in [0.29, 0.717) is 38.2 Å². The molecule has 0 atom stereocenters. The highest BCUT2D eigenvalue weighted by Gasteiger charge is 2.35. The van der Waals surface area contributed by atoms with E-state index in [1.54, 1.807) is 12.1 Å². The first-order chi connectivity index (χ1) is 14.9. The average Bonchev–Trinajstić information content (AvgIpc) is 2.77. The van der Waals surface area contributed by atoms with E-state index in [0.717, 1.165) is 5.56 Å². The summed E-state index contributed by atoms with van der Waals surface area (Å²) in [6, 6.07) is 10.8. The van der Waals surface area contributed by atoms with Crippen molar-refractivity contribution in [1.29, 1.82) is 0 Å². The Morgan fingerprint density at radius 1 is 1.19 bits per heavy atom. The van der Waals surface area contributed by atoms with Gasteiger partial charge in [-0.2, -0.15) is 8.78 Å². The maximum atomic E-state index is 13.8. The van der Waals surface area contributed by atoms with Crippen LogP contribution in [0, 0.1) is 5.82 Å². The van der Waals surface area contributed by atoms with Crippen LogP contribution in [0.1, 0.15) is 24.0 Å². The van der Waals surface area contributed by atoms with Gasteiger partial charge in [0.1, 0.15) is 5.82 Å². The first kappa shape index (κ1) is 22.7. The summed E-state index contributed by atoms with van der Waals surface area (Å²) in [6.07, 6.45) is 4.23. The summed E-state index contributed by atoms with van der Waals surface area (Å²) in [5.41, 5.74) is 1.01. The van der Waals surface area contributed by atoms with Gasteiger partial charge in [0.2, 0.25) is 5.91 Å². The average molecular weight is 435 g/mol. The standard InChI is InChI=1S/C23H24F3NO4/c1-29-20-13-16(5-7-19(20)31-22(25)26)6-8-21(28)27-15-23(9-11-30-12-10-23)17-3-2-4-18(24)14-17/h2-8,13-14,22H,9-12,15H2,1H3,(H,27,28)/b8-6+. The molecule has 1 aliphatic rings. The summed E-state index contributed by atoms with van der Waals surface area (Å²) in [5.74, 6) is -0.595. The molecule has 0 aliphatic carbocycles. The number of nitrogens with one attached hydrogen (secondary N) is 1. The molecular formula is C23H24F3NO4. The number of halogens is 3. The van der Waals surface area contributed by atoms with Gasteiger partial charge in [-0.05, 0) is 54.3 Å². The first-order valence-corrected chi connectivity index (χ1v) is 9.84. The minimum Gasteiger partial charge on any atom is -0.493 e. The smallest absolute Gasteiger partial charge is 0.387 e. The van der Waals surface area contributed by atoms with Crippen molar-refractivity contribution in [2.24, 2.45) is 0 Å². The number of benzene rings is 2. The van der Waals surface area contributed by atoms with Crippen LogP contribution in [-0.4, -0.2) is 39.4 Å². The van der Waals surface area contributed by atoms with Gasteiger partial charge in [-0.15, -0.1) is 0 Å². The minimum absolute atomic E-state index is 0.0874. The van der Waals surface area contributed by atoms with Crippen LogP contribution < -0.4 is 14.8 Å². The second kappa shape index (κ2) is 10.3. The summed E-state index contributed by atoms with van der Waals surface area (Å²) in [6.45, 7) is -1.55. The molecule has 166 valence electrons. The molecule has 8 heteroatoms. The Labute approximate surface area is 178 Å². The van der Waals surface area contributed by atoms with Crippen molar-refractivity contribution in [3.63, 3.8) is 0 Å². The molecule has 2 aromatic rings. The van der Waals surface area contributed by atoms with Gasteiger partial charge < -0.3 is 19.5 Å². The van der Waals surface area contributed by atoms with Crippen molar-refractivity contribution >= 4 is 12.0 Å². The summed E-state index contributed by atoms with van der Waals surface area (Å²) in [5, 5.41) is 2.89. The Hall–Kier alpha value is -3.00. The fraction of sp³-hybridized carbons (Fsp3) is 0.348. The number of carbonyl (C=O) groups excluding carboxylic acids is 1. The predicted octanol–water partition coefficient (Wildman–Crippen LogP) is 4.31. The third kappa shape index (κ3) is 6.01. The molecule has 1 N–H and O–H groups in total. The molecule has 0 unspecified atom stereocenters. The third-order valence-corrected chi connectivity index (χ3v) is 5.32. The molecule has 0 aromatic heterocycles. The molecule has 31 heavy (non-hydrogen) atoms. The Bertz CT molecular complexity index is 927. The maximum absolute atomic E-state index is 13.8. The minimum atomic E-state index is -2.96. The van der Waals surface area contributed by atoms with E-state index >= 15 is 0 Å². The Balaban J connectivity index is 1.67. The van der Waals surface area contributed by atoms with E-state index < -0.39 is 12.0 Å². The maximum Gasteiger partial charge on any atom is 0.387 e. The van der Waals surface area contributed by atoms with Crippen LogP contribution in [0.15, 0.2) is 48.5 Å². The van der Waals surface area contributed by atoms with Crippen molar-refractivity contribution in [1.82, 2.24) is 5.32 Å². The van der Waals surface area contributed by atoms with Gasteiger partial charge in [-0.25, -0.2) is 4.39 Å². The number of hydrogen-bond donors (Lipinski definition) is 1. The lowest BCUT2D eigenvalue weighted by atomic mass is 9.74. The summed E-state index contributed by atoms with van der Waals surface area (Å²) < 4.78 is 53.5. The molecular weight excluding hydrogens is 411 g/mol. The second-order valence-electron chi connectivity index (χ2n) is 7.24. The molecule has 1 aliphatic heterocycles. The molecule has 0 spiro atoms. The van der Waals surface area contributed by atoms with Crippen LogP contribution in [0.3, 0.4) is 0 Å². The van der Waals surface area contributed by atoms with E-state index in [4.69, 9.17) is 9.47 Å². The number of rotatable bonds is 8. The molecule has 1 heterocycles. The van der Waals surface area contributed by atoms with Crippen LogP contribution in [0.2, 0.25) is 0 Å². The highest BCUT2D eigenvalue weighted by Crippen LogP contribution is 2.34. The Morgan fingerprint density at radius 2 is 1.97 bits per heavy atom. The van der Waals surface area contributed by atoms with Crippen molar-refractivity contribution < 1.29 is 32.2 Å². The van der Waals surface area contributed by atoms with Crippen LogP contribution in [-0.2, 0) is 14.9 Å². The van der Waals surface area contributed by atoms with E-state index in [1.807, 2.05) is 6.07 Å². The second-order valence-corrected chi connectivity index (χ2v) is 7.24. The first-order valence-electron chi connectivity index (χ1n) is 9.84. The highest BCUT2D eigenvalue weighted by molar-refractivity contribution is 5.91. The van der Waals surface area contributed by atoms with Crippen molar-refractivity contribution in [2.45, 2.75) is 24.9 Å². The van der Waals surface area contributed by atoms with E-state index in [2.05, 4.69) is 10.1 Å². The number of carbonyl (C=O) groups is 1. The molecule has 5 nitrogen and oxygen atoms in total. The summed E-state index contributed by atoms with van der Waals surface area (Å²) in [4.78, 5) is 12.4. The van der Waals surface area contributed by atoms with Crippen molar-refractivity contribution in [2.75, 3.05) is 26.9 Å². The van der Waals surface area contributed by atoms with Crippen LogP contribution in [0.5, 0.6) is 11.5 Å². The van der Waals surface area contributed by atoms with Gasteiger partial charge in [0, 0.05) is 31.2 Å². The van der Waals surface area contributed by atoms with Crippen LogP contribution >= 0.6 is 0 Å². The number of alkyl halides is 2. The highest BCUT2D eigenvalue weighted by atomic mass is 19.3. The van der Waals surface area contributed by atoms with Gasteiger partial charge in [0.25, 0.3) is 0 Å². The molecule has 3 rings (SSSR count). The van der Waals surface area contributed by atoms with Crippen molar-refractivity contribution in [3.05, 3.63) is 65.5 Å². The molecule has 0 radical (unpaired) electrons. The van der Waals surface area contributed by atoms with E-state index in [9.17, 15) is 18.0 Å². The Kier molecular flexibility index (Phi) is 7.57. The lowest BCUT2D eigenvalue weighted by Crippen LogP contribution is -2.44. The van der Waals surface area contributed by atoms with Crippen molar-refractivity contribution in [3.8, 4) is 11.5 Å². The van der Waals surface area contributed by atoms with Gasteiger partial charge >= 0.3 is 6.61 Å². The monoisotopic (exact) mass is 435 g/mol. The molecule has 1 saturated heterocycles. The summed E-state index contributed by atoms with van der Waals surface area (Å²) >= 11 is 0. The van der Waals surface area contributed by atoms with Gasteiger partial charge in [0.05, 0.1) is 7.11 Å². The largest absolute Gasteiger partial charge is 0.493 e. The van der Waals surface area contributed by atoms with Gasteiger partial charge in [0.15, 0.2) is 11.5 Å². The quantitative estimate of drug-likeness (QED) is 0.628. The van der Waals surface area contributed by atoms with Crippen LogP contribution in [0.25, 0.3) is 6.08 Å². The third-order valence-electron chi connectivity index (χ3n) is 5.32. The molecule has 2 aromatic carbocycles. The molecule has 0 saturated carbocycles. The number of hydrogen-bond acceptors (Lipinski definition) is 4. The topological polar surface area (TPSA) is 56.8 Å².